The first-order valence-electron chi connectivity index (χ1n) is 6.48. The van der Waals surface area contributed by atoms with Crippen LogP contribution in [0.5, 0.6) is 0 Å². The van der Waals surface area contributed by atoms with Gasteiger partial charge in [-0.05, 0) is 18.2 Å². The molecule has 0 saturated heterocycles. The largest absolute Gasteiger partial charge is 0.478 e. The van der Waals surface area contributed by atoms with E-state index in [0.717, 1.165) is 11.8 Å². The minimum atomic E-state index is -1.18. The number of carboxylic acid groups (broad SMARTS) is 1. The van der Waals surface area contributed by atoms with Gasteiger partial charge in [0.25, 0.3) is 0 Å². The van der Waals surface area contributed by atoms with E-state index in [1.807, 2.05) is 20.8 Å². The summed E-state index contributed by atoms with van der Waals surface area (Å²) in [5.41, 5.74) is 0.963. The third-order valence-corrected chi connectivity index (χ3v) is 2.91. The smallest absolute Gasteiger partial charge is 0.335 e. The molecular formula is C15H17FN2O3. The molecule has 2 aromatic rings. The number of carbonyl (C=O) groups is 1. The maximum atomic E-state index is 13.3. The van der Waals surface area contributed by atoms with Gasteiger partial charge in [-0.15, -0.1) is 0 Å². The average Bonchev–Trinajstić information content (AvgIpc) is 2.84. The first-order valence-corrected chi connectivity index (χ1v) is 6.48. The van der Waals surface area contributed by atoms with E-state index in [4.69, 9.17) is 9.52 Å². The van der Waals surface area contributed by atoms with Gasteiger partial charge in [-0.3, -0.25) is 0 Å². The Balaban J connectivity index is 2.10. The number of hydrogen-bond acceptors (Lipinski definition) is 4. The van der Waals surface area contributed by atoms with Crippen LogP contribution >= 0.6 is 0 Å². The van der Waals surface area contributed by atoms with E-state index < -0.39 is 11.8 Å². The average molecular weight is 292 g/mol. The second-order valence-corrected chi connectivity index (χ2v) is 5.76. The standard InChI is InChI=1S/C15H17FN2O3/c1-15(2,3)12-8-21-13(18-12)7-17-11-5-9(14(19)20)4-10(16)6-11/h4-6,8,17H,7H2,1-3H3,(H,19,20). The molecule has 1 aromatic heterocycles. The molecule has 0 radical (unpaired) electrons. The fraction of sp³-hybridized carbons (Fsp3) is 0.333. The molecule has 1 aromatic carbocycles. The summed E-state index contributed by atoms with van der Waals surface area (Å²) in [4.78, 5) is 15.2. The number of benzene rings is 1. The number of aromatic nitrogens is 1. The van der Waals surface area contributed by atoms with E-state index in [0.29, 0.717) is 11.6 Å². The highest BCUT2D eigenvalue weighted by atomic mass is 19.1. The fourth-order valence-electron chi connectivity index (χ4n) is 1.73. The van der Waals surface area contributed by atoms with Gasteiger partial charge in [0.05, 0.1) is 17.8 Å². The van der Waals surface area contributed by atoms with E-state index in [2.05, 4.69) is 10.3 Å². The molecule has 0 aliphatic heterocycles. The molecule has 0 aliphatic rings. The lowest BCUT2D eigenvalue weighted by Crippen LogP contribution is -2.12. The summed E-state index contributed by atoms with van der Waals surface area (Å²) in [6.45, 7) is 6.31. The molecule has 5 nitrogen and oxygen atoms in total. The summed E-state index contributed by atoms with van der Waals surface area (Å²) in [5.74, 6) is -1.33. The Bertz CT molecular complexity index is 659. The molecule has 0 atom stereocenters. The second-order valence-electron chi connectivity index (χ2n) is 5.76. The molecule has 0 spiro atoms. The monoisotopic (exact) mass is 292 g/mol. The van der Waals surface area contributed by atoms with Crippen LogP contribution in [0.15, 0.2) is 28.9 Å². The molecule has 6 heteroatoms. The molecule has 1 heterocycles. The highest BCUT2D eigenvalue weighted by Gasteiger charge is 2.18. The number of nitrogens with one attached hydrogen (secondary N) is 1. The van der Waals surface area contributed by atoms with Crippen molar-refractivity contribution in [2.24, 2.45) is 0 Å². The van der Waals surface area contributed by atoms with Crippen LogP contribution < -0.4 is 5.32 Å². The Hall–Kier alpha value is -2.37. The lowest BCUT2D eigenvalue weighted by Gasteiger charge is -2.13. The van der Waals surface area contributed by atoms with Crippen LogP contribution in [0.2, 0.25) is 0 Å². The number of rotatable bonds is 4. The minimum Gasteiger partial charge on any atom is -0.478 e. The lowest BCUT2D eigenvalue weighted by molar-refractivity contribution is 0.0696. The quantitative estimate of drug-likeness (QED) is 0.903. The Morgan fingerprint density at radius 1 is 1.38 bits per heavy atom. The van der Waals surface area contributed by atoms with Crippen LogP contribution in [0.25, 0.3) is 0 Å². The van der Waals surface area contributed by atoms with Gasteiger partial charge in [0.15, 0.2) is 0 Å². The number of carboxylic acids is 1. The van der Waals surface area contributed by atoms with Crippen molar-refractivity contribution in [3.63, 3.8) is 0 Å². The summed E-state index contributed by atoms with van der Waals surface area (Å²) in [6, 6.07) is 3.55. The van der Waals surface area contributed by atoms with Crippen molar-refractivity contribution < 1.29 is 18.7 Å². The van der Waals surface area contributed by atoms with E-state index in [1.165, 1.54) is 12.1 Å². The fourth-order valence-corrected chi connectivity index (χ4v) is 1.73. The number of nitrogens with zero attached hydrogens (tertiary/aromatic N) is 1. The molecule has 0 bridgehead atoms. The molecule has 0 unspecified atom stereocenters. The Morgan fingerprint density at radius 3 is 2.67 bits per heavy atom. The zero-order chi connectivity index (χ0) is 15.6. The third-order valence-electron chi connectivity index (χ3n) is 2.91. The van der Waals surface area contributed by atoms with Crippen molar-refractivity contribution in [2.45, 2.75) is 32.7 Å². The van der Waals surface area contributed by atoms with Crippen molar-refractivity contribution >= 4 is 11.7 Å². The number of hydrogen-bond donors (Lipinski definition) is 2. The summed E-state index contributed by atoms with van der Waals surface area (Å²) in [5, 5.41) is 11.8. The van der Waals surface area contributed by atoms with Gasteiger partial charge in [0, 0.05) is 11.1 Å². The molecule has 112 valence electrons. The zero-order valence-electron chi connectivity index (χ0n) is 12.1. The SMILES string of the molecule is CC(C)(C)c1coc(CNc2cc(F)cc(C(=O)O)c2)n1. The van der Waals surface area contributed by atoms with Crippen LogP contribution in [0.1, 0.15) is 42.7 Å². The van der Waals surface area contributed by atoms with Crippen molar-refractivity contribution in [1.29, 1.82) is 0 Å². The lowest BCUT2D eigenvalue weighted by atomic mass is 9.93. The molecule has 0 aliphatic carbocycles. The molecule has 2 N–H and O–H groups in total. The Morgan fingerprint density at radius 2 is 2.10 bits per heavy atom. The van der Waals surface area contributed by atoms with E-state index in [1.54, 1.807) is 6.26 Å². The van der Waals surface area contributed by atoms with Gasteiger partial charge in [0.2, 0.25) is 5.89 Å². The van der Waals surface area contributed by atoms with Gasteiger partial charge in [-0.1, -0.05) is 20.8 Å². The van der Waals surface area contributed by atoms with Crippen LogP contribution in [0.4, 0.5) is 10.1 Å². The highest BCUT2D eigenvalue weighted by molar-refractivity contribution is 5.88. The number of aromatic carboxylic acids is 1. The van der Waals surface area contributed by atoms with Crippen molar-refractivity contribution in [2.75, 3.05) is 5.32 Å². The number of halogens is 1. The second kappa shape index (κ2) is 5.55. The molecular weight excluding hydrogens is 275 g/mol. The molecule has 2 rings (SSSR count). The number of anilines is 1. The molecule has 0 amide bonds. The topological polar surface area (TPSA) is 75.4 Å². The first-order chi connectivity index (χ1) is 9.75. The van der Waals surface area contributed by atoms with Gasteiger partial charge in [0.1, 0.15) is 12.1 Å². The Labute approximate surface area is 121 Å². The molecule has 0 saturated carbocycles. The molecule has 21 heavy (non-hydrogen) atoms. The maximum absolute atomic E-state index is 13.3. The van der Waals surface area contributed by atoms with Crippen LogP contribution in [-0.2, 0) is 12.0 Å². The van der Waals surface area contributed by atoms with Gasteiger partial charge >= 0.3 is 5.97 Å². The summed E-state index contributed by atoms with van der Waals surface area (Å²) >= 11 is 0. The van der Waals surface area contributed by atoms with E-state index in [9.17, 15) is 9.18 Å². The van der Waals surface area contributed by atoms with Gasteiger partial charge < -0.3 is 14.8 Å². The van der Waals surface area contributed by atoms with Gasteiger partial charge in [-0.2, -0.15) is 0 Å². The van der Waals surface area contributed by atoms with Crippen molar-refractivity contribution in [1.82, 2.24) is 4.98 Å². The predicted octanol–water partition coefficient (Wildman–Crippen LogP) is 3.42. The van der Waals surface area contributed by atoms with Gasteiger partial charge in [-0.25, -0.2) is 14.2 Å². The van der Waals surface area contributed by atoms with Crippen molar-refractivity contribution in [3.8, 4) is 0 Å². The van der Waals surface area contributed by atoms with Crippen LogP contribution in [-0.4, -0.2) is 16.1 Å². The number of oxazole rings is 1. The normalized spacial score (nSPS) is 11.4. The van der Waals surface area contributed by atoms with E-state index >= 15 is 0 Å². The Kier molecular flexibility index (Phi) is 3.97. The maximum Gasteiger partial charge on any atom is 0.335 e. The van der Waals surface area contributed by atoms with E-state index in [-0.39, 0.29) is 17.5 Å². The van der Waals surface area contributed by atoms with Crippen LogP contribution in [0, 0.1) is 5.82 Å². The summed E-state index contributed by atoms with van der Waals surface area (Å²) in [6.07, 6.45) is 1.59. The summed E-state index contributed by atoms with van der Waals surface area (Å²) in [7, 11) is 0. The first kappa shape index (κ1) is 15.0. The predicted molar refractivity (Wildman–Crippen MR) is 75.9 cm³/mol. The van der Waals surface area contributed by atoms with Crippen molar-refractivity contribution in [3.05, 3.63) is 47.4 Å². The molecule has 0 fully saturated rings. The van der Waals surface area contributed by atoms with Crippen LogP contribution in [0.3, 0.4) is 0 Å². The summed E-state index contributed by atoms with van der Waals surface area (Å²) < 4.78 is 18.7. The highest BCUT2D eigenvalue weighted by Crippen LogP contribution is 2.21. The third kappa shape index (κ3) is 3.81. The zero-order valence-corrected chi connectivity index (χ0v) is 12.1. The minimum absolute atomic E-state index is 0.111.